The summed E-state index contributed by atoms with van der Waals surface area (Å²) in [6.07, 6.45) is 6.18. The molecule has 3 rings (SSSR count). The largest absolute Gasteiger partial charge is 0.372 e. The highest BCUT2D eigenvalue weighted by Gasteiger charge is 2.19. The fraction of sp³-hybridized carbons (Fsp3) is 0.471. The molecule has 4 nitrogen and oxygen atoms in total. The van der Waals surface area contributed by atoms with Gasteiger partial charge in [-0.2, -0.15) is 0 Å². The van der Waals surface area contributed by atoms with Crippen LogP contribution in [-0.2, 0) is 17.9 Å². The maximum absolute atomic E-state index is 5.93. The van der Waals surface area contributed by atoms with E-state index in [4.69, 9.17) is 4.74 Å². The number of hydrogen-bond acceptors (Lipinski definition) is 3. The minimum Gasteiger partial charge on any atom is -0.372 e. The Morgan fingerprint density at radius 3 is 2.67 bits per heavy atom. The van der Waals surface area contributed by atoms with Crippen LogP contribution in [0, 0.1) is 6.92 Å². The summed E-state index contributed by atoms with van der Waals surface area (Å²) in [4.78, 5) is 9.66. The molecule has 112 valence electrons. The van der Waals surface area contributed by atoms with E-state index >= 15 is 0 Å². The molecule has 21 heavy (non-hydrogen) atoms. The van der Waals surface area contributed by atoms with Crippen molar-refractivity contribution in [2.75, 3.05) is 13.1 Å². The standard InChI is InChI=1S/C17H23N3O/c1-14-2-4-15(5-3-14)11-20-8-6-17(7-9-20)21-12-16-10-18-13-19-16/h2-5,10,13,17H,6-9,11-12H2,1H3,(H,18,19). The molecule has 0 bridgehead atoms. The lowest BCUT2D eigenvalue weighted by molar-refractivity contribution is -0.00511. The molecular weight excluding hydrogens is 262 g/mol. The van der Waals surface area contributed by atoms with Crippen molar-refractivity contribution in [3.05, 3.63) is 53.6 Å². The third-order valence-corrected chi connectivity index (χ3v) is 4.08. The van der Waals surface area contributed by atoms with Crippen molar-refractivity contribution in [1.82, 2.24) is 14.9 Å². The topological polar surface area (TPSA) is 41.1 Å². The smallest absolute Gasteiger partial charge is 0.0924 e. The molecule has 0 saturated carbocycles. The van der Waals surface area contributed by atoms with Gasteiger partial charge in [-0.15, -0.1) is 0 Å². The van der Waals surface area contributed by atoms with Gasteiger partial charge in [0.25, 0.3) is 0 Å². The van der Waals surface area contributed by atoms with Gasteiger partial charge in [0.15, 0.2) is 0 Å². The van der Waals surface area contributed by atoms with Crippen LogP contribution in [0.1, 0.15) is 29.7 Å². The summed E-state index contributed by atoms with van der Waals surface area (Å²) in [6, 6.07) is 8.84. The van der Waals surface area contributed by atoms with Crippen molar-refractivity contribution in [3.8, 4) is 0 Å². The minimum absolute atomic E-state index is 0.371. The van der Waals surface area contributed by atoms with Gasteiger partial charge < -0.3 is 9.72 Å². The SMILES string of the molecule is Cc1ccc(CN2CCC(OCc3c[nH]cn3)CC2)cc1. The highest BCUT2D eigenvalue weighted by Crippen LogP contribution is 2.17. The van der Waals surface area contributed by atoms with Gasteiger partial charge in [0.2, 0.25) is 0 Å². The number of benzene rings is 1. The summed E-state index contributed by atoms with van der Waals surface area (Å²) < 4.78 is 5.93. The van der Waals surface area contributed by atoms with Crippen molar-refractivity contribution < 1.29 is 4.74 Å². The average Bonchev–Trinajstić information content (AvgIpc) is 3.02. The van der Waals surface area contributed by atoms with E-state index in [1.54, 1.807) is 6.33 Å². The Balaban J connectivity index is 1.41. The van der Waals surface area contributed by atoms with Gasteiger partial charge in [0.1, 0.15) is 0 Å². The molecule has 2 heterocycles. The third-order valence-electron chi connectivity index (χ3n) is 4.08. The number of rotatable bonds is 5. The van der Waals surface area contributed by atoms with E-state index < -0.39 is 0 Å². The molecule has 0 aliphatic carbocycles. The summed E-state index contributed by atoms with van der Waals surface area (Å²) in [7, 11) is 0. The van der Waals surface area contributed by atoms with Gasteiger partial charge in [-0.1, -0.05) is 29.8 Å². The molecule has 0 atom stereocenters. The molecule has 1 aliphatic rings. The van der Waals surface area contributed by atoms with E-state index in [1.807, 2.05) is 6.20 Å². The fourth-order valence-electron chi connectivity index (χ4n) is 2.76. The van der Waals surface area contributed by atoms with Crippen LogP contribution < -0.4 is 0 Å². The number of H-pyrrole nitrogens is 1. The normalized spacial score (nSPS) is 17.2. The Kier molecular flexibility index (Phi) is 4.68. The number of aromatic amines is 1. The van der Waals surface area contributed by atoms with Crippen LogP contribution in [0.2, 0.25) is 0 Å². The molecule has 1 aliphatic heterocycles. The maximum Gasteiger partial charge on any atom is 0.0924 e. The Bertz CT molecular complexity index is 528. The lowest BCUT2D eigenvalue weighted by atomic mass is 10.1. The first-order chi connectivity index (χ1) is 10.3. The van der Waals surface area contributed by atoms with Crippen molar-refractivity contribution in [1.29, 1.82) is 0 Å². The van der Waals surface area contributed by atoms with E-state index in [1.165, 1.54) is 11.1 Å². The molecule has 0 unspecified atom stereocenters. The quantitative estimate of drug-likeness (QED) is 0.918. The van der Waals surface area contributed by atoms with Crippen molar-refractivity contribution in [2.45, 2.75) is 39.0 Å². The zero-order valence-corrected chi connectivity index (χ0v) is 12.6. The second-order valence-corrected chi connectivity index (χ2v) is 5.83. The molecule has 2 aromatic rings. The summed E-state index contributed by atoms with van der Waals surface area (Å²) in [5, 5.41) is 0. The number of hydrogen-bond donors (Lipinski definition) is 1. The van der Waals surface area contributed by atoms with Crippen molar-refractivity contribution >= 4 is 0 Å². The Labute approximate surface area is 126 Å². The highest BCUT2D eigenvalue weighted by atomic mass is 16.5. The van der Waals surface area contributed by atoms with Gasteiger partial charge in [-0.3, -0.25) is 4.90 Å². The van der Waals surface area contributed by atoms with E-state index in [2.05, 4.69) is 46.1 Å². The highest BCUT2D eigenvalue weighted by molar-refractivity contribution is 5.21. The van der Waals surface area contributed by atoms with E-state index in [9.17, 15) is 0 Å². The van der Waals surface area contributed by atoms with Crippen LogP contribution in [-0.4, -0.2) is 34.1 Å². The first kappa shape index (κ1) is 14.3. The maximum atomic E-state index is 5.93. The van der Waals surface area contributed by atoms with Crippen molar-refractivity contribution in [3.63, 3.8) is 0 Å². The number of nitrogens with zero attached hydrogens (tertiary/aromatic N) is 2. The Morgan fingerprint density at radius 2 is 2.00 bits per heavy atom. The van der Waals surface area contributed by atoms with E-state index in [-0.39, 0.29) is 0 Å². The monoisotopic (exact) mass is 285 g/mol. The molecule has 0 radical (unpaired) electrons. The van der Waals surface area contributed by atoms with Crippen LogP contribution in [0.15, 0.2) is 36.8 Å². The molecule has 1 saturated heterocycles. The molecular formula is C17H23N3O. The zero-order valence-electron chi connectivity index (χ0n) is 12.6. The molecule has 0 spiro atoms. The van der Waals surface area contributed by atoms with Crippen LogP contribution in [0.5, 0.6) is 0 Å². The molecule has 1 aromatic heterocycles. The van der Waals surface area contributed by atoms with Gasteiger partial charge in [-0.05, 0) is 25.3 Å². The van der Waals surface area contributed by atoms with Crippen LogP contribution in [0.3, 0.4) is 0 Å². The second kappa shape index (κ2) is 6.87. The second-order valence-electron chi connectivity index (χ2n) is 5.83. The van der Waals surface area contributed by atoms with E-state index in [0.717, 1.165) is 38.2 Å². The Hall–Kier alpha value is -1.65. The predicted molar refractivity (Wildman–Crippen MR) is 82.9 cm³/mol. The lowest BCUT2D eigenvalue weighted by Crippen LogP contribution is -2.36. The number of aromatic nitrogens is 2. The fourth-order valence-corrected chi connectivity index (χ4v) is 2.76. The third kappa shape index (κ3) is 4.16. The molecule has 1 aromatic carbocycles. The number of nitrogens with one attached hydrogen (secondary N) is 1. The number of piperidine rings is 1. The molecule has 0 amide bonds. The van der Waals surface area contributed by atoms with Crippen LogP contribution in [0.4, 0.5) is 0 Å². The molecule has 1 fully saturated rings. The number of likely N-dealkylation sites (tertiary alicyclic amines) is 1. The first-order valence-corrected chi connectivity index (χ1v) is 7.67. The lowest BCUT2D eigenvalue weighted by Gasteiger charge is -2.31. The predicted octanol–water partition coefficient (Wildman–Crippen LogP) is 2.90. The summed E-state index contributed by atoms with van der Waals surface area (Å²) in [5.74, 6) is 0. The van der Waals surface area contributed by atoms with Crippen molar-refractivity contribution in [2.24, 2.45) is 0 Å². The number of ether oxygens (including phenoxy) is 1. The zero-order chi connectivity index (χ0) is 14.5. The minimum atomic E-state index is 0.371. The van der Waals surface area contributed by atoms with Crippen LogP contribution in [0.25, 0.3) is 0 Å². The number of imidazole rings is 1. The molecule has 4 heteroatoms. The van der Waals surface area contributed by atoms with Gasteiger partial charge in [0, 0.05) is 25.8 Å². The van der Waals surface area contributed by atoms with Gasteiger partial charge in [0.05, 0.1) is 24.7 Å². The Morgan fingerprint density at radius 1 is 1.24 bits per heavy atom. The number of aryl methyl sites for hydroxylation is 1. The van der Waals surface area contributed by atoms with Gasteiger partial charge >= 0.3 is 0 Å². The van der Waals surface area contributed by atoms with Crippen LogP contribution >= 0.6 is 0 Å². The average molecular weight is 285 g/mol. The summed E-state index contributed by atoms with van der Waals surface area (Å²) in [5.41, 5.74) is 3.71. The first-order valence-electron chi connectivity index (χ1n) is 7.67. The summed E-state index contributed by atoms with van der Waals surface area (Å²) in [6.45, 7) is 6.02. The summed E-state index contributed by atoms with van der Waals surface area (Å²) >= 11 is 0. The van der Waals surface area contributed by atoms with E-state index in [0.29, 0.717) is 12.7 Å². The van der Waals surface area contributed by atoms with Gasteiger partial charge in [-0.25, -0.2) is 4.98 Å². The molecule has 1 N–H and O–H groups in total.